The van der Waals surface area contributed by atoms with Crippen molar-refractivity contribution in [2.75, 3.05) is 13.2 Å². The molecule has 6 heteroatoms. The zero-order chi connectivity index (χ0) is 13.7. The molecule has 1 aromatic carbocycles. The predicted molar refractivity (Wildman–Crippen MR) is 73.9 cm³/mol. The van der Waals surface area contributed by atoms with E-state index < -0.39 is 10.0 Å². The first-order chi connectivity index (χ1) is 9.09. The van der Waals surface area contributed by atoms with Crippen LogP contribution in [0.4, 0.5) is 0 Å². The number of benzene rings is 1. The molecule has 0 saturated carbocycles. The molecule has 0 aliphatic carbocycles. The van der Waals surface area contributed by atoms with E-state index in [1.807, 2.05) is 24.3 Å². The molecule has 0 spiro atoms. The minimum absolute atomic E-state index is 0.00191. The van der Waals surface area contributed by atoms with Gasteiger partial charge in [0.05, 0.1) is 5.75 Å². The SMILES string of the molecule is NCc1ccc(CS(=O)(=O)NC2CCOCC2)cc1. The molecular formula is C13H20N2O3S. The van der Waals surface area contributed by atoms with E-state index in [9.17, 15) is 8.42 Å². The van der Waals surface area contributed by atoms with Gasteiger partial charge in [-0.05, 0) is 24.0 Å². The van der Waals surface area contributed by atoms with Gasteiger partial charge in [-0.2, -0.15) is 0 Å². The maximum Gasteiger partial charge on any atom is 0.216 e. The maximum absolute atomic E-state index is 12.0. The lowest BCUT2D eigenvalue weighted by molar-refractivity contribution is 0.0832. The molecule has 0 unspecified atom stereocenters. The van der Waals surface area contributed by atoms with Crippen LogP contribution in [0.3, 0.4) is 0 Å². The van der Waals surface area contributed by atoms with Crippen LogP contribution < -0.4 is 10.5 Å². The summed E-state index contributed by atoms with van der Waals surface area (Å²) in [5, 5.41) is 0. The average molecular weight is 284 g/mol. The Bertz CT molecular complexity index is 493. The van der Waals surface area contributed by atoms with Crippen LogP contribution in [0.15, 0.2) is 24.3 Å². The standard InChI is InChI=1S/C13H20N2O3S/c14-9-11-1-3-12(4-2-11)10-19(16,17)15-13-5-7-18-8-6-13/h1-4,13,15H,5-10,14H2. The summed E-state index contributed by atoms with van der Waals surface area (Å²) in [6.07, 6.45) is 1.48. The maximum atomic E-state index is 12.0. The van der Waals surface area contributed by atoms with Crippen molar-refractivity contribution in [3.63, 3.8) is 0 Å². The summed E-state index contributed by atoms with van der Waals surface area (Å²) in [6, 6.07) is 7.34. The summed E-state index contributed by atoms with van der Waals surface area (Å²) < 4.78 is 32.0. The molecule has 3 N–H and O–H groups in total. The molecule has 1 aromatic rings. The summed E-state index contributed by atoms with van der Waals surface area (Å²) in [5.41, 5.74) is 7.28. The zero-order valence-corrected chi connectivity index (χ0v) is 11.7. The fourth-order valence-electron chi connectivity index (χ4n) is 2.10. The number of nitrogens with one attached hydrogen (secondary N) is 1. The molecule has 19 heavy (non-hydrogen) atoms. The van der Waals surface area contributed by atoms with E-state index in [2.05, 4.69) is 4.72 Å². The molecule has 1 fully saturated rings. The van der Waals surface area contributed by atoms with Gasteiger partial charge in [-0.1, -0.05) is 24.3 Å². The van der Waals surface area contributed by atoms with Crippen LogP contribution in [0.2, 0.25) is 0 Å². The van der Waals surface area contributed by atoms with Gasteiger partial charge in [0.25, 0.3) is 0 Å². The van der Waals surface area contributed by atoms with Crippen LogP contribution in [0.1, 0.15) is 24.0 Å². The van der Waals surface area contributed by atoms with Crippen molar-refractivity contribution < 1.29 is 13.2 Å². The van der Waals surface area contributed by atoms with Crippen molar-refractivity contribution in [2.45, 2.75) is 31.2 Å². The van der Waals surface area contributed by atoms with E-state index in [-0.39, 0.29) is 11.8 Å². The molecule has 0 atom stereocenters. The van der Waals surface area contributed by atoms with E-state index in [1.165, 1.54) is 0 Å². The van der Waals surface area contributed by atoms with Gasteiger partial charge in [-0.3, -0.25) is 0 Å². The highest BCUT2D eigenvalue weighted by atomic mass is 32.2. The van der Waals surface area contributed by atoms with Crippen molar-refractivity contribution in [2.24, 2.45) is 5.73 Å². The summed E-state index contributed by atoms with van der Waals surface area (Å²) in [4.78, 5) is 0. The first-order valence-electron chi connectivity index (χ1n) is 6.45. The lowest BCUT2D eigenvalue weighted by Crippen LogP contribution is -2.39. The number of sulfonamides is 1. The molecule has 1 saturated heterocycles. The smallest absolute Gasteiger partial charge is 0.216 e. The Balaban J connectivity index is 1.95. The Morgan fingerprint density at radius 2 is 1.74 bits per heavy atom. The fourth-order valence-corrected chi connectivity index (χ4v) is 3.56. The monoisotopic (exact) mass is 284 g/mol. The number of hydrogen-bond donors (Lipinski definition) is 2. The minimum Gasteiger partial charge on any atom is -0.381 e. The van der Waals surface area contributed by atoms with Gasteiger partial charge >= 0.3 is 0 Å². The van der Waals surface area contributed by atoms with Crippen molar-refractivity contribution in [3.8, 4) is 0 Å². The largest absolute Gasteiger partial charge is 0.381 e. The van der Waals surface area contributed by atoms with E-state index in [0.717, 1.165) is 24.0 Å². The first-order valence-corrected chi connectivity index (χ1v) is 8.10. The first kappa shape index (κ1) is 14.5. The Kier molecular flexibility index (Phi) is 4.93. The second-order valence-corrected chi connectivity index (χ2v) is 6.54. The number of rotatable bonds is 5. The van der Waals surface area contributed by atoms with Gasteiger partial charge in [0, 0.05) is 25.8 Å². The number of nitrogens with two attached hydrogens (primary N) is 1. The molecule has 0 radical (unpaired) electrons. The van der Waals surface area contributed by atoms with E-state index in [0.29, 0.717) is 19.8 Å². The molecule has 0 amide bonds. The molecule has 1 aliphatic heterocycles. The third-order valence-electron chi connectivity index (χ3n) is 3.18. The molecule has 2 rings (SSSR count). The summed E-state index contributed by atoms with van der Waals surface area (Å²) in [7, 11) is -3.29. The lowest BCUT2D eigenvalue weighted by Gasteiger charge is -2.22. The Morgan fingerprint density at radius 3 is 2.32 bits per heavy atom. The van der Waals surface area contributed by atoms with Gasteiger partial charge in [-0.15, -0.1) is 0 Å². The van der Waals surface area contributed by atoms with Crippen LogP contribution in [0.25, 0.3) is 0 Å². The van der Waals surface area contributed by atoms with E-state index in [4.69, 9.17) is 10.5 Å². The average Bonchev–Trinajstić information content (AvgIpc) is 2.39. The van der Waals surface area contributed by atoms with Crippen molar-refractivity contribution >= 4 is 10.0 Å². The lowest BCUT2D eigenvalue weighted by atomic mass is 10.1. The normalized spacial score (nSPS) is 17.5. The van der Waals surface area contributed by atoms with Crippen LogP contribution in [0.5, 0.6) is 0 Å². The van der Waals surface area contributed by atoms with Crippen LogP contribution in [-0.4, -0.2) is 27.7 Å². The highest BCUT2D eigenvalue weighted by Crippen LogP contribution is 2.11. The second-order valence-electron chi connectivity index (χ2n) is 4.78. The number of hydrogen-bond acceptors (Lipinski definition) is 4. The van der Waals surface area contributed by atoms with Crippen LogP contribution in [0, 0.1) is 0 Å². The molecule has 106 valence electrons. The third-order valence-corrected chi connectivity index (χ3v) is 4.59. The van der Waals surface area contributed by atoms with Crippen LogP contribution in [-0.2, 0) is 27.1 Å². The molecule has 1 heterocycles. The Morgan fingerprint density at radius 1 is 1.16 bits per heavy atom. The Labute approximate surface area is 114 Å². The molecular weight excluding hydrogens is 264 g/mol. The summed E-state index contributed by atoms with van der Waals surface area (Å²) in [6.45, 7) is 1.71. The van der Waals surface area contributed by atoms with Crippen LogP contribution >= 0.6 is 0 Å². The number of ether oxygens (including phenoxy) is 1. The molecule has 1 aliphatic rings. The summed E-state index contributed by atoms with van der Waals surface area (Å²) in [5.74, 6) is 0.00914. The van der Waals surface area contributed by atoms with Gasteiger partial charge in [0.1, 0.15) is 0 Å². The molecule has 0 bridgehead atoms. The Hall–Kier alpha value is -0.950. The highest BCUT2D eigenvalue weighted by molar-refractivity contribution is 7.88. The van der Waals surface area contributed by atoms with Gasteiger partial charge < -0.3 is 10.5 Å². The molecule has 0 aromatic heterocycles. The van der Waals surface area contributed by atoms with Gasteiger partial charge in [0.2, 0.25) is 10.0 Å². The van der Waals surface area contributed by atoms with Crippen molar-refractivity contribution in [3.05, 3.63) is 35.4 Å². The minimum atomic E-state index is -3.29. The molecule has 5 nitrogen and oxygen atoms in total. The third kappa shape index (κ3) is 4.58. The predicted octanol–water partition coefficient (Wildman–Crippen LogP) is 0.744. The fraction of sp³-hybridized carbons (Fsp3) is 0.538. The quantitative estimate of drug-likeness (QED) is 0.836. The van der Waals surface area contributed by atoms with Crippen molar-refractivity contribution in [1.29, 1.82) is 0 Å². The van der Waals surface area contributed by atoms with E-state index >= 15 is 0 Å². The van der Waals surface area contributed by atoms with Gasteiger partial charge in [-0.25, -0.2) is 13.1 Å². The van der Waals surface area contributed by atoms with Gasteiger partial charge in [0.15, 0.2) is 0 Å². The summed E-state index contributed by atoms with van der Waals surface area (Å²) >= 11 is 0. The highest BCUT2D eigenvalue weighted by Gasteiger charge is 2.20. The van der Waals surface area contributed by atoms with Crippen molar-refractivity contribution in [1.82, 2.24) is 4.72 Å². The zero-order valence-electron chi connectivity index (χ0n) is 10.8. The second kappa shape index (κ2) is 6.47. The van der Waals surface area contributed by atoms with E-state index in [1.54, 1.807) is 0 Å². The topological polar surface area (TPSA) is 81.4 Å².